The lowest BCUT2D eigenvalue weighted by molar-refractivity contribution is -0.121. The summed E-state index contributed by atoms with van der Waals surface area (Å²) in [5, 5.41) is 0. The number of thiocarbonyl (C=S) groups is 1. The van der Waals surface area contributed by atoms with Crippen molar-refractivity contribution < 1.29 is 18.0 Å². The van der Waals surface area contributed by atoms with Crippen LogP contribution >= 0.6 is 24.0 Å². The third-order valence-corrected chi connectivity index (χ3v) is 4.31. The van der Waals surface area contributed by atoms with Gasteiger partial charge in [-0.15, -0.1) is 6.58 Å². The van der Waals surface area contributed by atoms with Crippen LogP contribution in [-0.2, 0) is 4.79 Å². The van der Waals surface area contributed by atoms with Gasteiger partial charge in [0.05, 0.1) is 11.3 Å². The number of amides is 1. The number of likely N-dealkylation sites (N-methyl/N-ethyl adjacent to an activating group) is 1. The highest BCUT2D eigenvalue weighted by Crippen LogP contribution is 2.37. The van der Waals surface area contributed by atoms with E-state index in [9.17, 15) is 18.0 Å². The predicted octanol–water partition coefficient (Wildman–Crippen LogP) is 3.19. The zero-order valence-electron chi connectivity index (χ0n) is 11.0. The number of hydrogen-bond acceptors (Lipinski definition) is 4. The molecule has 2 aliphatic rings. The van der Waals surface area contributed by atoms with Gasteiger partial charge in [0.1, 0.15) is 9.23 Å². The van der Waals surface area contributed by atoms with E-state index >= 15 is 0 Å². The number of hydrogen-bond donors (Lipinski definition) is 0. The Morgan fingerprint density at radius 1 is 1.43 bits per heavy atom. The average Bonchev–Trinajstić information content (AvgIpc) is 2.66. The van der Waals surface area contributed by atoms with Crippen LogP contribution < -0.4 is 0 Å². The van der Waals surface area contributed by atoms with E-state index in [1.807, 2.05) is 0 Å². The fourth-order valence-electron chi connectivity index (χ4n) is 1.85. The summed E-state index contributed by atoms with van der Waals surface area (Å²) in [5.74, 6) is -0.319. The number of alkyl halides is 3. The highest BCUT2D eigenvalue weighted by atomic mass is 32.2. The summed E-state index contributed by atoms with van der Waals surface area (Å²) in [6.45, 7) is 3.82. The molecule has 112 valence electrons. The molecule has 21 heavy (non-hydrogen) atoms. The maximum absolute atomic E-state index is 12.6. The number of allylic oxidation sites excluding steroid dienone is 3. The summed E-state index contributed by atoms with van der Waals surface area (Å²) in [4.78, 5) is 15.2. The molecule has 0 unspecified atom stereocenters. The van der Waals surface area contributed by atoms with Crippen LogP contribution in [0.15, 0.2) is 47.2 Å². The normalized spacial score (nSPS) is 23.0. The number of thioether (sulfide) groups is 1. The largest absolute Gasteiger partial charge is 0.417 e. The highest BCUT2D eigenvalue weighted by Gasteiger charge is 2.37. The van der Waals surface area contributed by atoms with Crippen LogP contribution in [0.25, 0.3) is 0 Å². The number of carbonyl (C=O) groups is 1. The minimum Gasteiger partial charge on any atom is -0.349 e. The lowest BCUT2D eigenvalue weighted by Crippen LogP contribution is -2.29. The third kappa shape index (κ3) is 3.06. The summed E-state index contributed by atoms with van der Waals surface area (Å²) in [5.41, 5.74) is -0.373. The van der Waals surface area contributed by atoms with E-state index in [1.54, 1.807) is 6.08 Å². The Balaban J connectivity index is 2.34. The van der Waals surface area contributed by atoms with Gasteiger partial charge >= 0.3 is 6.18 Å². The molecule has 0 aromatic rings. The van der Waals surface area contributed by atoms with Crippen molar-refractivity contribution in [1.29, 1.82) is 0 Å². The van der Waals surface area contributed by atoms with Gasteiger partial charge in [0, 0.05) is 19.8 Å². The van der Waals surface area contributed by atoms with Crippen molar-refractivity contribution in [3.63, 3.8) is 0 Å². The van der Waals surface area contributed by atoms with Crippen LogP contribution in [0, 0.1) is 0 Å². The van der Waals surface area contributed by atoms with Crippen LogP contribution in [0.2, 0.25) is 0 Å². The first-order chi connectivity index (χ1) is 9.75. The molecule has 0 aliphatic carbocycles. The summed E-state index contributed by atoms with van der Waals surface area (Å²) in [7, 11) is 1.46. The van der Waals surface area contributed by atoms with Crippen LogP contribution in [0.3, 0.4) is 0 Å². The second-order valence-corrected chi connectivity index (χ2v) is 5.96. The maximum atomic E-state index is 12.6. The van der Waals surface area contributed by atoms with Crippen molar-refractivity contribution in [3.8, 4) is 0 Å². The molecule has 0 radical (unpaired) electrons. The van der Waals surface area contributed by atoms with Crippen molar-refractivity contribution in [2.75, 3.05) is 13.6 Å². The van der Waals surface area contributed by atoms with E-state index in [1.165, 1.54) is 22.9 Å². The van der Waals surface area contributed by atoms with Crippen molar-refractivity contribution in [3.05, 3.63) is 47.2 Å². The molecule has 1 amide bonds. The molecule has 0 aromatic carbocycles. The molecule has 0 atom stereocenters. The molecule has 0 aromatic heterocycles. The topological polar surface area (TPSA) is 23.6 Å². The van der Waals surface area contributed by atoms with Gasteiger partial charge in [-0.3, -0.25) is 9.69 Å². The molecular formula is C13H11F3N2OS2. The lowest BCUT2D eigenvalue weighted by atomic mass is 10.1. The van der Waals surface area contributed by atoms with E-state index in [-0.39, 0.29) is 12.5 Å². The van der Waals surface area contributed by atoms with Gasteiger partial charge < -0.3 is 4.90 Å². The molecule has 8 heteroatoms. The molecule has 0 N–H and O–H groups in total. The van der Waals surface area contributed by atoms with Gasteiger partial charge in [-0.1, -0.05) is 30.1 Å². The van der Waals surface area contributed by atoms with E-state index in [4.69, 9.17) is 12.2 Å². The van der Waals surface area contributed by atoms with Crippen LogP contribution in [0.4, 0.5) is 13.2 Å². The number of nitrogens with zero attached hydrogens (tertiary/aromatic N) is 2. The summed E-state index contributed by atoms with van der Waals surface area (Å²) < 4.78 is 38.3. The van der Waals surface area contributed by atoms with Gasteiger partial charge in [-0.25, -0.2) is 0 Å². The monoisotopic (exact) mass is 332 g/mol. The first-order valence-corrected chi connectivity index (χ1v) is 7.07. The lowest BCUT2D eigenvalue weighted by Gasteiger charge is -2.23. The second kappa shape index (κ2) is 5.69. The molecule has 1 saturated heterocycles. The molecule has 0 bridgehead atoms. The third-order valence-electron chi connectivity index (χ3n) is 2.85. The van der Waals surface area contributed by atoms with E-state index in [0.29, 0.717) is 14.9 Å². The van der Waals surface area contributed by atoms with Gasteiger partial charge in [0.15, 0.2) is 0 Å². The zero-order chi connectivity index (χ0) is 15.8. The summed E-state index contributed by atoms with van der Waals surface area (Å²) in [6.07, 6.45) is 0.312. The summed E-state index contributed by atoms with van der Waals surface area (Å²) in [6, 6.07) is 0. The van der Waals surface area contributed by atoms with E-state index in [0.717, 1.165) is 24.0 Å². The summed E-state index contributed by atoms with van der Waals surface area (Å²) >= 11 is 6.18. The smallest absolute Gasteiger partial charge is 0.349 e. The Bertz CT molecular complexity index is 605. The van der Waals surface area contributed by atoms with E-state index in [2.05, 4.69) is 6.58 Å². The first-order valence-electron chi connectivity index (χ1n) is 5.84. The number of halogens is 3. The van der Waals surface area contributed by atoms with Gasteiger partial charge in [-0.2, -0.15) is 13.2 Å². The minimum absolute atomic E-state index is 0.276. The Kier molecular flexibility index (Phi) is 4.29. The molecule has 0 saturated carbocycles. The fraction of sp³-hybridized carbons (Fsp3) is 0.231. The van der Waals surface area contributed by atoms with Gasteiger partial charge in [0.2, 0.25) is 0 Å². The average molecular weight is 332 g/mol. The SMILES string of the molecule is C=CCN1C(=O)/C(=C2\C=CC(C(F)(F)F)=CN2C)SC1=S. The van der Waals surface area contributed by atoms with Gasteiger partial charge in [0.25, 0.3) is 5.91 Å². The minimum atomic E-state index is -4.42. The van der Waals surface area contributed by atoms with Crippen molar-refractivity contribution in [2.45, 2.75) is 6.18 Å². The van der Waals surface area contributed by atoms with Crippen LogP contribution in [0.1, 0.15) is 0 Å². The molecule has 0 spiro atoms. The number of carbonyl (C=O) groups excluding carboxylic acids is 1. The zero-order valence-corrected chi connectivity index (χ0v) is 12.6. The molecule has 2 aliphatic heterocycles. The Morgan fingerprint density at radius 3 is 2.62 bits per heavy atom. The quantitative estimate of drug-likeness (QED) is 0.440. The molecular weight excluding hydrogens is 321 g/mol. The molecule has 1 fully saturated rings. The highest BCUT2D eigenvalue weighted by molar-refractivity contribution is 8.26. The van der Waals surface area contributed by atoms with Gasteiger partial charge in [-0.05, 0) is 12.2 Å². The Labute approximate surface area is 129 Å². The molecule has 2 rings (SSSR count). The van der Waals surface area contributed by atoms with Crippen LogP contribution in [0.5, 0.6) is 0 Å². The standard InChI is InChI=1S/C13H11F3N2OS2/c1-3-6-18-11(19)10(21-12(18)20)9-5-4-8(7-17(9)2)13(14,15)16/h3-5,7H,1,6H2,2H3/b10-9-. The van der Waals surface area contributed by atoms with Crippen LogP contribution in [-0.4, -0.2) is 39.8 Å². The Hall–Kier alpha value is -1.54. The molecule has 3 nitrogen and oxygen atoms in total. The van der Waals surface area contributed by atoms with Crippen molar-refractivity contribution in [1.82, 2.24) is 9.80 Å². The van der Waals surface area contributed by atoms with Crippen molar-refractivity contribution >= 4 is 34.2 Å². The number of rotatable bonds is 2. The maximum Gasteiger partial charge on any atom is 0.417 e. The second-order valence-electron chi connectivity index (χ2n) is 4.31. The fourth-order valence-corrected chi connectivity index (χ4v) is 3.21. The van der Waals surface area contributed by atoms with Crippen molar-refractivity contribution in [2.24, 2.45) is 0 Å². The molecule has 2 heterocycles. The predicted molar refractivity (Wildman–Crippen MR) is 80.2 cm³/mol. The Morgan fingerprint density at radius 2 is 2.10 bits per heavy atom. The first kappa shape index (κ1) is 15.8. The van der Waals surface area contributed by atoms with E-state index < -0.39 is 11.7 Å².